The van der Waals surface area contributed by atoms with Crippen molar-refractivity contribution in [3.8, 4) is 0 Å². The molecule has 0 bridgehead atoms. The van der Waals surface area contributed by atoms with Gasteiger partial charge in [-0.3, -0.25) is 4.79 Å². The van der Waals surface area contributed by atoms with E-state index in [0.717, 1.165) is 11.3 Å². The highest BCUT2D eigenvalue weighted by Gasteiger charge is 2.32. The molecular weight excluding hydrogens is 294 g/mol. The van der Waals surface area contributed by atoms with E-state index in [1.807, 2.05) is 0 Å². The van der Waals surface area contributed by atoms with E-state index in [0.29, 0.717) is 23.3 Å². The quantitative estimate of drug-likeness (QED) is 0.846. The van der Waals surface area contributed by atoms with E-state index in [-0.39, 0.29) is 16.5 Å². The number of amides is 1. The SMILES string of the molecule is CC1CC1CNC(=O)Cc1ccc(S(=O)(=O)Cl)s1. The first-order valence-corrected chi connectivity index (χ1v) is 8.79. The summed E-state index contributed by atoms with van der Waals surface area (Å²) in [6.45, 7) is 2.87. The van der Waals surface area contributed by atoms with E-state index in [4.69, 9.17) is 10.7 Å². The lowest BCUT2D eigenvalue weighted by Gasteiger charge is -2.02. The van der Waals surface area contributed by atoms with Crippen LogP contribution < -0.4 is 5.32 Å². The van der Waals surface area contributed by atoms with Crippen LogP contribution in [0.2, 0.25) is 0 Å². The maximum atomic E-state index is 11.6. The molecule has 0 spiro atoms. The van der Waals surface area contributed by atoms with Crippen molar-refractivity contribution in [3.05, 3.63) is 17.0 Å². The Morgan fingerprint density at radius 2 is 2.22 bits per heavy atom. The van der Waals surface area contributed by atoms with Gasteiger partial charge in [-0.2, -0.15) is 0 Å². The molecule has 4 nitrogen and oxygen atoms in total. The third kappa shape index (κ3) is 3.70. The molecule has 100 valence electrons. The van der Waals surface area contributed by atoms with Gasteiger partial charge < -0.3 is 5.32 Å². The van der Waals surface area contributed by atoms with Crippen LogP contribution in [0.1, 0.15) is 18.2 Å². The molecule has 1 saturated carbocycles. The molecule has 1 N–H and O–H groups in total. The largest absolute Gasteiger partial charge is 0.356 e. The molecule has 0 radical (unpaired) electrons. The van der Waals surface area contributed by atoms with Gasteiger partial charge in [0.25, 0.3) is 9.05 Å². The van der Waals surface area contributed by atoms with Crippen LogP contribution in [0.5, 0.6) is 0 Å². The number of nitrogens with one attached hydrogen (secondary N) is 1. The van der Waals surface area contributed by atoms with Gasteiger partial charge in [0, 0.05) is 22.1 Å². The van der Waals surface area contributed by atoms with Crippen molar-refractivity contribution < 1.29 is 13.2 Å². The molecule has 2 atom stereocenters. The molecule has 1 aromatic heterocycles. The lowest BCUT2D eigenvalue weighted by molar-refractivity contribution is -0.120. The highest BCUT2D eigenvalue weighted by molar-refractivity contribution is 8.15. The van der Waals surface area contributed by atoms with Crippen molar-refractivity contribution in [2.75, 3.05) is 6.54 Å². The fraction of sp³-hybridized carbons (Fsp3) is 0.545. The van der Waals surface area contributed by atoms with Crippen molar-refractivity contribution in [2.45, 2.75) is 24.0 Å². The van der Waals surface area contributed by atoms with Gasteiger partial charge in [0.05, 0.1) is 6.42 Å². The summed E-state index contributed by atoms with van der Waals surface area (Å²) in [5, 5.41) is 2.86. The number of hydrogen-bond acceptors (Lipinski definition) is 4. The van der Waals surface area contributed by atoms with Crippen molar-refractivity contribution in [2.24, 2.45) is 11.8 Å². The minimum absolute atomic E-state index is 0.0746. The maximum Gasteiger partial charge on any atom is 0.270 e. The standard InChI is InChI=1S/C11H14ClNO3S2/c1-7-4-8(7)6-13-10(14)5-9-2-3-11(17-9)18(12,15)16/h2-3,7-8H,4-6H2,1H3,(H,13,14). The van der Waals surface area contributed by atoms with E-state index < -0.39 is 9.05 Å². The first kappa shape index (κ1) is 13.8. The van der Waals surface area contributed by atoms with Crippen LogP contribution in [-0.2, 0) is 20.3 Å². The summed E-state index contributed by atoms with van der Waals surface area (Å²) in [4.78, 5) is 12.3. The molecule has 1 aromatic rings. The summed E-state index contributed by atoms with van der Waals surface area (Å²) >= 11 is 1.04. The fourth-order valence-electron chi connectivity index (χ4n) is 1.73. The second-order valence-electron chi connectivity index (χ2n) is 4.61. The van der Waals surface area contributed by atoms with Crippen molar-refractivity contribution in [1.82, 2.24) is 5.32 Å². The fourth-order valence-corrected chi connectivity index (χ4v) is 3.85. The van der Waals surface area contributed by atoms with Crippen LogP contribution in [0.25, 0.3) is 0 Å². The van der Waals surface area contributed by atoms with Gasteiger partial charge in [-0.15, -0.1) is 11.3 Å². The molecule has 7 heteroatoms. The molecule has 18 heavy (non-hydrogen) atoms. The average Bonchev–Trinajstić information content (AvgIpc) is 2.75. The molecule has 1 fully saturated rings. The molecule has 2 unspecified atom stereocenters. The van der Waals surface area contributed by atoms with Crippen LogP contribution in [0.4, 0.5) is 0 Å². The van der Waals surface area contributed by atoms with Gasteiger partial charge in [-0.25, -0.2) is 8.42 Å². The molecule has 0 aliphatic heterocycles. The Kier molecular flexibility index (Phi) is 3.99. The Bertz CT molecular complexity index is 552. The normalized spacial score (nSPS) is 22.8. The lowest BCUT2D eigenvalue weighted by atomic mass is 10.3. The zero-order chi connectivity index (χ0) is 13.3. The summed E-state index contributed by atoms with van der Waals surface area (Å²) in [6, 6.07) is 3.05. The predicted octanol–water partition coefficient (Wildman–Crippen LogP) is 1.99. The zero-order valence-corrected chi connectivity index (χ0v) is 12.2. The number of thiophene rings is 1. The van der Waals surface area contributed by atoms with Gasteiger partial charge in [-0.05, 0) is 30.4 Å². The summed E-state index contributed by atoms with van der Waals surface area (Å²) in [5.41, 5.74) is 0. The highest BCUT2D eigenvalue weighted by atomic mass is 35.7. The number of hydrogen-bond donors (Lipinski definition) is 1. The van der Waals surface area contributed by atoms with E-state index in [2.05, 4.69) is 12.2 Å². The Morgan fingerprint density at radius 3 is 2.72 bits per heavy atom. The molecule has 1 aliphatic rings. The maximum absolute atomic E-state index is 11.6. The topological polar surface area (TPSA) is 63.2 Å². The smallest absolute Gasteiger partial charge is 0.270 e. The summed E-state index contributed by atoms with van der Waals surface area (Å²) in [7, 11) is 1.54. The summed E-state index contributed by atoms with van der Waals surface area (Å²) < 4.78 is 22.2. The van der Waals surface area contributed by atoms with E-state index in [1.165, 1.54) is 12.5 Å². The third-order valence-electron chi connectivity index (χ3n) is 3.05. The Labute approximate surface area is 115 Å². The van der Waals surface area contributed by atoms with Crippen LogP contribution in [0.15, 0.2) is 16.3 Å². The predicted molar refractivity (Wildman–Crippen MR) is 71.3 cm³/mol. The van der Waals surface area contributed by atoms with Gasteiger partial charge >= 0.3 is 0 Å². The third-order valence-corrected chi connectivity index (χ3v) is 6.23. The summed E-state index contributed by atoms with van der Waals surface area (Å²) in [6.07, 6.45) is 1.38. The Balaban J connectivity index is 1.85. The highest BCUT2D eigenvalue weighted by Crippen LogP contribution is 2.36. The van der Waals surface area contributed by atoms with Crippen molar-refractivity contribution in [3.63, 3.8) is 0 Å². The molecule has 1 amide bonds. The minimum Gasteiger partial charge on any atom is -0.356 e. The van der Waals surface area contributed by atoms with E-state index in [1.54, 1.807) is 6.07 Å². The molecule has 0 aromatic carbocycles. The number of carbonyl (C=O) groups excluding carboxylic acids is 1. The van der Waals surface area contributed by atoms with Gasteiger partial charge in [0.15, 0.2) is 0 Å². The Hall–Kier alpha value is -0.590. The number of carbonyl (C=O) groups is 1. The molecular formula is C11H14ClNO3S2. The van der Waals surface area contributed by atoms with Gasteiger partial charge in [0.1, 0.15) is 4.21 Å². The van der Waals surface area contributed by atoms with Crippen molar-refractivity contribution in [1.29, 1.82) is 0 Å². The minimum atomic E-state index is -3.68. The van der Waals surface area contributed by atoms with Crippen molar-refractivity contribution >= 4 is 37.0 Å². The zero-order valence-electron chi connectivity index (χ0n) is 9.85. The van der Waals surface area contributed by atoms with Crippen LogP contribution in [0.3, 0.4) is 0 Å². The molecule has 1 heterocycles. The molecule has 2 rings (SSSR count). The van der Waals surface area contributed by atoms with Crippen LogP contribution in [0, 0.1) is 11.8 Å². The van der Waals surface area contributed by atoms with Crippen LogP contribution >= 0.6 is 22.0 Å². The van der Waals surface area contributed by atoms with Crippen LogP contribution in [-0.4, -0.2) is 20.9 Å². The first-order chi connectivity index (χ1) is 8.36. The lowest BCUT2D eigenvalue weighted by Crippen LogP contribution is -2.27. The Morgan fingerprint density at radius 1 is 1.56 bits per heavy atom. The molecule has 0 saturated heterocycles. The number of halogens is 1. The van der Waals surface area contributed by atoms with E-state index in [9.17, 15) is 13.2 Å². The average molecular weight is 308 g/mol. The van der Waals surface area contributed by atoms with Gasteiger partial charge in [0.2, 0.25) is 5.91 Å². The monoisotopic (exact) mass is 307 g/mol. The number of rotatable bonds is 5. The summed E-state index contributed by atoms with van der Waals surface area (Å²) in [5.74, 6) is 1.24. The van der Waals surface area contributed by atoms with E-state index >= 15 is 0 Å². The second-order valence-corrected chi connectivity index (χ2v) is 8.57. The van der Waals surface area contributed by atoms with Gasteiger partial charge in [-0.1, -0.05) is 6.92 Å². The molecule has 1 aliphatic carbocycles. The first-order valence-electron chi connectivity index (χ1n) is 5.66. The second kappa shape index (κ2) is 5.19.